The number of hydrogen-bond donors (Lipinski definition) is 0. The molecule has 0 bridgehead atoms. The highest BCUT2D eigenvalue weighted by molar-refractivity contribution is 7.05. The lowest BCUT2D eigenvalue weighted by atomic mass is 10.1. The van der Waals surface area contributed by atoms with Gasteiger partial charge >= 0.3 is 0 Å². The summed E-state index contributed by atoms with van der Waals surface area (Å²) in [6, 6.07) is 9.80. The molecule has 1 aromatic heterocycles. The van der Waals surface area contributed by atoms with Crippen LogP contribution in [0.25, 0.3) is 0 Å². The Kier molecular flexibility index (Phi) is 3.26. The second kappa shape index (κ2) is 4.85. The van der Waals surface area contributed by atoms with Crippen molar-refractivity contribution in [3.8, 4) is 0 Å². The predicted molar refractivity (Wildman–Crippen MR) is 63.7 cm³/mol. The fourth-order valence-corrected chi connectivity index (χ4v) is 1.84. The summed E-state index contributed by atoms with van der Waals surface area (Å²) in [6.45, 7) is 1.97. The molecule has 0 atom stereocenters. The van der Waals surface area contributed by atoms with E-state index < -0.39 is 0 Å². The molecule has 0 N–H and O–H groups in total. The number of hydrogen-bond acceptors (Lipinski definition) is 5. The number of rotatable bonds is 3. The quantitative estimate of drug-likeness (QED) is 0.603. The number of oxime groups is 1. The van der Waals surface area contributed by atoms with Gasteiger partial charge < -0.3 is 4.84 Å². The number of benzene rings is 1. The molecule has 2 aromatic rings. The van der Waals surface area contributed by atoms with E-state index in [2.05, 4.69) is 14.7 Å². The van der Waals surface area contributed by atoms with Gasteiger partial charge in [0.2, 0.25) is 0 Å². The molecule has 16 heavy (non-hydrogen) atoms. The SMILES string of the molecule is CO/N=C(/c1ccccc1)c1nnsc1C. The van der Waals surface area contributed by atoms with E-state index in [-0.39, 0.29) is 0 Å². The Hall–Kier alpha value is -1.75. The second-order valence-corrected chi connectivity index (χ2v) is 4.12. The van der Waals surface area contributed by atoms with Gasteiger partial charge in [-0.3, -0.25) is 0 Å². The van der Waals surface area contributed by atoms with Crippen LogP contribution in [0, 0.1) is 6.92 Å². The van der Waals surface area contributed by atoms with Gasteiger partial charge in [0.25, 0.3) is 0 Å². The maximum atomic E-state index is 4.86. The van der Waals surface area contributed by atoms with E-state index in [4.69, 9.17) is 4.84 Å². The van der Waals surface area contributed by atoms with E-state index in [1.54, 1.807) is 0 Å². The van der Waals surface area contributed by atoms with Crippen LogP contribution in [0.4, 0.5) is 0 Å². The minimum atomic E-state index is 0.717. The van der Waals surface area contributed by atoms with Crippen molar-refractivity contribution in [3.05, 3.63) is 46.5 Å². The minimum absolute atomic E-state index is 0.717. The summed E-state index contributed by atoms with van der Waals surface area (Å²) >= 11 is 1.36. The molecule has 0 radical (unpaired) electrons. The summed E-state index contributed by atoms with van der Waals surface area (Å²) in [5.41, 5.74) is 2.47. The van der Waals surface area contributed by atoms with Crippen LogP contribution < -0.4 is 0 Å². The fraction of sp³-hybridized carbons (Fsp3) is 0.182. The third kappa shape index (κ3) is 2.09. The largest absolute Gasteiger partial charge is 0.399 e. The normalized spacial score (nSPS) is 11.5. The van der Waals surface area contributed by atoms with Gasteiger partial charge in [0, 0.05) is 5.56 Å². The number of nitrogens with zero attached hydrogens (tertiary/aromatic N) is 3. The Morgan fingerprint density at radius 1 is 1.31 bits per heavy atom. The van der Waals surface area contributed by atoms with E-state index >= 15 is 0 Å². The molecule has 0 amide bonds. The highest BCUT2D eigenvalue weighted by Crippen LogP contribution is 2.15. The standard InChI is InChI=1S/C11H11N3OS/c1-8-10(12-14-16-8)11(13-15-2)9-6-4-3-5-7-9/h3-7H,1-2H3/b13-11-. The lowest BCUT2D eigenvalue weighted by Crippen LogP contribution is -2.06. The van der Waals surface area contributed by atoms with Gasteiger partial charge in [-0.2, -0.15) is 0 Å². The lowest BCUT2D eigenvalue weighted by molar-refractivity contribution is 0.214. The van der Waals surface area contributed by atoms with Crippen molar-refractivity contribution in [2.24, 2.45) is 5.16 Å². The molecular weight excluding hydrogens is 222 g/mol. The Morgan fingerprint density at radius 3 is 2.62 bits per heavy atom. The summed E-state index contributed by atoms with van der Waals surface area (Å²) in [5.74, 6) is 0. The van der Waals surface area contributed by atoms with Crippen LogP contribution >= 0.6 is 11.5 Å². The van der Waals surface area contributed by atoms with Gasteiger partial charge in [0.05, 0.1) is 4.88 Å². The molecule has 0 fully saturated rings. The van der Waals surface area contributed by atoms with Crippen LogP contribution in [0.15, 0.2) is 35.5 Å². The fourth-order valence-electron chi connectivity index (χ4n) is 1.37. The topological polar surface area (TPSA) is 47.4 Å². The first-order valence-corrected chi connectivity index (χ1v) is 5.56. The van der Waals surface area contributed by atoms with Crippen LogP contribution in [0.2, 0.25) is 0 Å². The van der Waals surface area contributed by atoms with E-state index in [9.17, 15) is 0 Å². The summed E-state index contributed by atoms with van der Waals surface area (Å²) in [4.78, 5) is 5.89. The third-order valence-electron chi connectivity index (χ3n) is 2.11. The predicted octanol–water partition coefficient (Wildman–Crippen LogP) is 2.25. The molecular formula is C11H11N3OS. The molecule has 0 saturated carbocycles. The summed E-state index contributed by atoms with van der Waals surface area (Å²) in [5, 5.41) is 8.09. The monoisotopic (exact) mass is 233 g/mol. The van der Waals surface area contributed by atoms with Gasteiger partial charge in [-0.05, 0) is 18.5 Å². The molecule has 2 rings (SSSR count). The van der Waals surface area contributed by atoms with Crippen molar-refractivity contribution in [3.63, 3.8) is 0 Å². The maximum Gasteiger partial charge on any atom is 0.138 e. The van der Waals surface area contributed by atoms with E-state index in [1.165, 1.54) is 18.6 Å². The third-order valence-corrected chi connectivity index (χ3v) is 2.74. The highest BCUT2D eigenvalue weighted by Gasteiger charge is 2.14. The molecule has 82 valence electrons. The van der Waals surface area contributed by atoms with Crippen molar-refractivity contribution < 1.29 is 4.84 Å². The van der Waals surface area contributed by atoms with Gasteiger partial charge in [0.1, 0.15) is 18.5 Å². The molecule has 0 unspecified atom stereocenters. The average Bonchev–Trinajstić information content (AvgIpc) is 2.73. The summed E-state index contributed by atoms with van der Waals surface area (Å²) < 4.78 is 3.91. The second-order valence-electron chi connectivity index (χ2n) is 3.17. The van der Waals surface area contributed by atoms with E-state index in [1.807, 2.05) is 37.3 Å². The molecule has 0 spiro atoms. The molecule has 0 aliphatic carbocycles. The molecule has 0 aliphatic heterocycles. The zero-order valence-corrected chi connectivity index (χ0v) is 9.86. The molecule has 0 aliphatic rings. The van der Waals surface area contributed by atoms with Crippen molar-refractivity contribution in [2.45, 2.75) is 6.92 Å². The maximum absolute atomic E-state index is 4.86. The first-order valence-electron chi connectivity index (χ1n) is 4.79. The minimum Gasteiger partial charge on any atom is -0.399 e. The number of aryl methyl sites for hydroxylation is 1. The molecule has 1 heterocycles. The first kappa shape index (κ1) is 10.8. The Morgan fingerprint density at radius 2 is 2.06 bits per heavy atom. The van der Waals surface area contributed by atoms with Crippen LogP contribution in [-0.4, -0.2) is 22.4 Å². The smallest absolute Gasteiger partial charge is 0.138 e. The van der Waals surface area contributed by atoms with E-state index in [0.29, 0.717) is 5.71 Å². The van der Waals surface area contributed by atoms with E-state index in [0.717, 1.165) is 16.1 Å². The van der Waals surface area contributed by atoms with Gasteiger partial charge in [0.15, 0.2) is 0 Å². The summed E-state index contributed by atoms with van der Waals surface area (Å²) in [6.07, 6.45) is 0. The van der Waals surface area contributed by atoms with Crippen molar-refractivity contribution in [1.82, 2.24) is 9.59 Å². The van der Waals surface area contributed by atoms with Crippen LogP contribution in [0.1, 0.15) is 16.1 Å². The summed E-state index contributed by atoms with van der Waals surface area (Å²) in [7, 11) is 1.53. The Balaban J connectivity index is 2.48. The van der Waals surface area contributed by atoms with Gasteiger partial charge in [-0.25, -0.2) is 0 Å². The number of aromatic nitrogens is 2. The van der Waals surface area contributed by atoms with Gasteiger partial charge in [-0.15, -0.1) is 5.10 Å². The van der Waals surface area contributed by atoms with Crippen molar-refractivity contribution in [2.75, 3.05) is 7.11 Å². The molecule has 0 saturated heterocycles. The molecule has 5 heteroatoms. The molecule has 4 nitrogen and oxygen atoms in total. The molecule has 1 aromatic carbocycles. The van der Waals surface area contributed by atoms with Gasteiger partial charge in [-0.1, -0.05) is 40.0 Å². The Labute approximate surface area is 97.7 Å². The highest BCUT2D eigenvalue weighted by atomic mass is 32.1. The Bertz CT molecular complexity index is 493. The van der Waals surface area contributed by atoms with Crippen LogP contribution in [0.3, 0.4) is 0 Å². The first-order chi connectivity index (χ1) is 7.83. The average molecular weight is 233 g/mol. The lowest BCUT2D eigenvalue weighted by Gasteiger charge is -2.02. The zero-order chi connectivity index (χ0) is 11.4. The van der Waals surface area contributed by atoms with Crippen molar-refractivity contribution in [1.29, 1.82) is 0 Å². The zero-order valence-electron chi connectivity index (χ0n) is 9.04. The van der Waals surface area contributed by atoms with Crippen LogP contribution in [0.5, 0.6) is 0 Å². The van der Waals surface area contributed by atoms with Crippen molar-refractivity contribution >= 4 is 17.2 Å². The van der Waals surface area contributed by atoms with Crippen LogP contribution in [-0.2, 0) is 4.84 Å².